The van der Waals surface area contributed by atoms with Crippen LogP contribution >= 0.6 is 0 Å². The Hall–Kier alpha value is -3.74. The van der Waals surface area contributed by atoms with Gasteiger partial charge in [0.1, 0.15) is 36.5 Å². The number of pyridine rings is 1. The fourth-order valence-corrected chi connectivity index (χ4v) is 3.73. The summed E-state index contributed by atoms with van der Waals surface area (Å²) in [4.78, 5) is 29.9. The molecule has 11 nitrogen and oxygen atoms in total. The van der Waals surface area contributed by atoms with Gasteiger partial charge in [-0.3, -0.25) is 9.59 Å². The molecule has 0 spiro atoms. The van der Waals surface area contributed by atoms with Crippen molar-refractivity contribution in [1.82, 2.24) is 20.0 Å². The molecule has 34 heavy (non-hydrogen) atoms. The lowest BCUT2D eigenvalue weighted by molar-refractivity contribution is -0.145. The van der Waals surface area contributed by atoms with E-state index < -0.39 is 23.6 Å². The van der Waals surface area contributed by atoms with Crippen molar-refractivity contribution in [2.45, 2.75) is 13.0 Å². The number of carbonyl (C=O) groups excluding carboxylic acids is 1. The highest BCUT2D eigenvalue weighted by Crippen LogP contribution is 2.29. The molecule has 0 unspecified atom stereocenters. The maximum Gasteiger partial charge on any atom is 0.322 e. The van der Waals surface area contributed by atoms with Crippen molar-refractivity contribution in [3.05, 3.63) is 40.2 Å². The van der Waals surface area contributed by atoms with E-state index in [4.69, 9.17) is 15.2 Å². The molecule has 182 valence electrons. The molecule has 1 aliphatic heterocycles. The number of piperazine rings is 1. The molecule has 3 aromatic rings. The van der Waals surface area contributed by atoms with E-state index in [0.717, 1.165) is 12.1 Å². The SMILES string of the molecule is C[C@H](N)C(=O)OCCOc1cc(F)c(N2CCN(c3cc4c(nnn4C)c(=O)[nH]3)CC2)c(F)c1. The Balaban J connectivity index is 1.39. The monoisotopic (exact) mass is 477 g/mol. The Bertz CT molecular complexity index is 1230. The predicted octanol–water partition coefficient (Wildman–Crippen LogP) is 0.531. The van der Waals surface area contributed by atoms with E-state index in [1.165, 1.54) is 11.6 Å². The highest BCUT2D eigenvalue weighted by atomic mass is 19.1. The Kier molecular flexibility index (Phi) is 6.63. The maximum absolute atomic E-state index is 14.8. The number of esters is 1. The highest BCUT2D eigenvalue weighted by molar-refractivity contribution is 5.76. The second-order valence-corrected chi connectivity index (χ2v) is 7.94. The number of nitrogens with one attached hydrogen (secondary N) is 1. The predicted molar refractivity (Wildman–Crippen MR) is 120 cm³/mol. The van der Waals surface area contributed by atoms with E-state index >= 15 is 0 Å². The van der Waals surface area contributed by atoms with Gasteiger partial charge in [-0.25, -0.2) is 13.5 Å². The third-order valence-electron chi connectivity index (χ3n) is 5.50. The number of carbonyl (C=O) groups is 1. The van der Waals surface area contributed by atoms with Gasteiger partial charge in [0, 0.05) is 51.4 Å². The molecule has 1 aromatic carbocycles. The van der Waals surface area contributed by atoms with Gasteiger partial charge in [0.25, 0.3) is 5.56 Å². The number of hydrogen-bond acceptors (Lipinski definition) is 9. The number of anilines is 2. The van der Waals surface area contributed by atoms with Crippen LogP contribution in [-0.2, 0) is 16.6 Å². The molecule has 0 saturated carbocycles. The minimum absolute atomic E-state index is 0.00936. The quantitative estimate of drug-likeness (QED) is 0.369. The molecule has 3 heterocycles. The molecule has 1 fully saturated rings. The molecular formula is C21H25F2N7O4. The van der Waals surface area contributed by atoms with E-state index in [0.29, 0.717) is 37.5 Å². The fourth-order valence-electron chi connectivity index (χ4n) is 3.73. The van der Waals surface area contributed by atoms with Crippen LogP contribution in [0.4, 0.5) is 20.3 Å². The van der Waals surface area contributed by atoms with Gasteiger partial charge in [0.2, 0.25) is 0 Å². The average Bonchev–Trinajstić information content (AvgIpc) is 3.18. The first-order valence-electron chi connectivity index (χ1n) is 10.7. The van der Waals surface area contributed by atoms with E-state index in [2.05, 4.69) is 15.3 Å². The summed E-state index contributed by atoms with van der Waals surface area (Å²) >= 11 is 0. The number of aromatic amines is 1. The van der Waals surface area contributed by atoms with Crippen LogP contribution in [0, 0.1) is 11.6 Å². The van der Waals surface area contributed by atoms with Crippen LogP contribution in [0.5, 0.6) is 5.75 Å². The van der Waals surface area contributed by atoms with Gasteiger partial charge in [-0.1, -0.05) is 5.21 Å². The van der Waals surface area contributed by atoms with Crippen LogP contribution in [0.25, 0.3) is 11.0 Å². The number of hydrogen-bond donors (Lipinski definition) is 2. The van der Waals surface area contributed by atoms with Crippen molar-refractivity contribution in [3.8, 4) is 5.75 Å². The number of nitrogens with zero attached hydrogens (tertiary/aromatic N) is 5. The van der Waals surface area contributed by atoms with Crippen molar-refractivity contribution < 1.29 is 23.0 Å². The molecule has 4 rings (SSSR count). The average molecular weight is 477 g/mol. The highest BCUT2D eigenvalue weighted by Gasteiger charge is 2.24. The normalized spacial score (nSPS) is 15.0. The molecule has 0 aliphatic carbocycles. The standard InChI is InChI=1S/C21H25F2N7O4/c1-12(24)21(32)34-8-7-33-13-9-14(22)19(15(23)10-13)30-5-3-29(4-6-30)17-11-16-18(20(31)25-17)26-27-28(16)2/h9-12H,3-8,24H2,1-2H3,(H,25,31)/t12-/m0/s1. The van der Waals surface area contributed by atoms with Gasteiger partial charge < -0.3 is 30.0 Å². The number of halogens is 2. The van der Waals surface area contributed by atoms with E-state index in [1.54, 1.807) is 18.0 Å². The number of fused-ring (bicyclic) bond motifs is 1. The summed E-state index contributed by atoms with van der Waals surface area (Å²) in [5.41, 5.74) is 5.75. The lowest BCUT2D eigenvalue weighted by Crippen LogP contribution is -2.47. The molecule has 0 radical (unpaired) electrons. The van der Waals surface area contributed by atoms with Gasteiger partial charge in [-0.2, -0.15) is 0 Å². The minimum atomic E-state index is -0.759. The summed E-state index contributed by atoms with van der Waals surface area (Å²) in [5.74, 6) is -1.52. The van der Waals surface area contributed by atoms with Crippen LogP contribution in [0.1, 0.15) is 6.92 Å². The number of rotatable bonds is 7. The van der Waals surface area contributed by atoms with Crippen molar-refractivity contribution in [2.24, 2.45) is 12.8 Å². The van der Waals surface area contributed by atoms with Crippen LogP contribution in [0.3, 0.4) is 0 Å². The Labute approximate surface area is 193 Å². The van der Waals surface area contributed by atoms with Crippen LogP contribution < -0.4 is 25.8 Å². The maximum atomic E-state index is 14.8. The molecule has 2 aromatic heterocycles. The second-order valence-electron chi connectivity index (χ2n) is 7.94. The summed E-state index contributed by atoms with van der Waals surface area (Å²) in [6.07, 6.45) is 0. The molecule has 0 amide bonds. The number of aryl methyl sites for hydroxylation is 1. The molecule has 1 aliphatic rings. The third-order valence-corrected chi connectivity index (χ3v) is 5.50. The topological polar surface area (TPSA) is 132 Å². The zero-order valence-electron chi connectivity index (χ0n) is 18.8. The number of aromatic nitrogens is 4. The van der Waals surface area contributed by atoms with E-state index in [9.17, 15) is 18.4 Å². The first-order valence-corrected chi connectivity index (χ1v) is 10.7. The molecule has 1 atom stereocenters. The summed E-state index contributed by atoms with van der Waals surface area (Å²) in [7, 11) is 1.70. The zero-order valence-corrected chi connectivity index (χ0v) is 18.8. The van der Waals surface area contributed by atoms with Gasteiger partial charge in [-0.15, -0.1) is 5.10 Å². The van der Waals surface area contributed by atoms with E-state index in [-0.39, 0.29) is 35.7 Å². The number of ether oxygens (including phenoxy) is 2. The second kappa shape index (κ2) is 9.63. The van der Waals surface area contributed by atoms with Gasteiger partial charge in [0.05, 0.1) is 5.52 Å². The number of benzene rings is 1. The van der Waals surface area contributed by atoms with Gasteiger partial charge >= 0.3 is 5.97 Å². The van der Waals surface area contributed by atoms with Crippen LogP contribution in [-0.4, -0.2) is 71.4 Å². The van der Waals surface area contributed by atoms with Gasteiger partial charge in [-0.05, 0) is 6.92 Å². The summed E-state index contributed by atoms with van der Waals surface area (Å²) in [5, 5.41) is 7.70. The molecule has 3 N–H and O–H groups in total. The van der Waals surface area contributed by atoms with Crippen LogP contribution in [0.15, 0.2) is 23.0 Å². The van der Waals surface area contributed by atoms with Crippen molar-refractivity contribution in [2.75, 3.05) is 49.2 Å². The molecular weight excluding hydrogens is 452 g/mol. The lowest BCUT2D eigenvalue weighted by Gasteiger charge is -2.37. The molecule has 1 saturated heterocycles. The first kappa shape index (κ1) is 23.4. The Morgan fingerprint density at radius 2 is 1.79 bits per heavy atom. The van der Waals surface area contributed by atoms with Crippen molar-refractivity contribution in [1.29, 1.82) is 0 Å². The summed E-state index contributed by atoms with van der Waals surface area (Å²) in [6, 6.07) is 3.22. The zero-order chi connectivity index (χ0) is 24.4. The Morgan fingerprint density at radius 3 is 2.44 bits per heavy atom. The lowest BCUT2D eigenvalue weighted by atomic mass is 10.2. The van der Waals surface area contributed by atoms with Crippen molar-refractivity contribution in [3.63, 3.8) is 0 Å². The number of H-pyrrole nitrogens is 1. The van der Waals surface area contributed by atoms with Crippen LogP contribution in [0.2, 0.25) is 0 Å². The van der Waals surface area contributed by atoms with E-state index in [1.807, 2.05) is 4.90 Å². The smallest absolute Gasteiger partial charge is 0.322 e. The summed E-state index contributed by atoms with van der Waals surface area (Å²) < 4.78 is 41.2. The third kappa shape index (κ3) is 4.78. The Morgan fingerprint density at radius 1 is 1.15 bits per heavy atom. The molecule has 13 heteroatoms. The van der Waals surface area contributed by atoms with Gasteiger partial charge in [0.15, 0.2) is 17.2 Å². The summed E-state index contributed by atoms with van der Waals surface area (Å²) in [6.45, 7) is 2.89. The first-order chi connectivity index (χ1) is 16.2. The van der Waals surface area contributed by atoms with Crippen molar-refractivity contribution >= 4 is 28.5 Å². The largest absolute Gasteiger partial charge is 0.490 e. The fraction of sp³-hybridized carbons (Fsp3) is 0.429. The molecule has 0 bridgehead atoms. The number of nitrogens with two attached hydrogens (primary N) is 1. The minimum Gasteiger partial charge on any atom is -0.490 e.